The maximum atomic E-state index is 13.2. The summed E-state index contributed by atoms with van der Waals surface area (Å²) < 4.78 is 39.5. The zero-order valence-corrected chi connectivity index (χ0v) is 11.6. The molecule has 0 saturated carbocycles. The largest absolute Gasteiger partial charge is 0.481 e. The van der Waals surface area contributed by atoms with Crippen molar-refractivity contribution in [2.24, 2.45) is 0 Å². The van der Waals surface area contributed by atoms with Gasteiger partial charge in [0.2, 0.25) is 0 Å². The first-order valence-corrected chi connectivity index (χ1v) is 6.96. The zero-order valence-electron chi connectivity index (χ0n) is 10.8. The third-order valence-electron chi connectivity index (χ3n) is 2.39. The SMILES string of the molecule is CN(CCC(=O)O)S(=O)(=O)Nc1cc(F)cc([N+](=O)[O-])c1. The van der Waals surface area contributed by atoms with Gasteiger partial charge in [-0.15, -0.1) is 0 Å². The molecule has 1 rings (SSSR count). The van der Waals surface area contributed by atoms with Crippen molar-refractivity contribution in [3.8, 4) is 0 Å². The Hall–Kier alpha value is -2.27. The number of carboxylic acid groups (broad SMARTS) is 1. The van der Waals surface area contributed by atoms with Crippen LogP contribution in [0.5, 0.6) is 0 Å². The quantitative estimate of drug-likeness (QED) is 0.564. The standard InChI is InChI=1S/C10H12FN3O6S/c1-13(3-2-10(15)16)21(19,20)12-8-4-7(11)5-9(6-8)14(17)18/h4-6,12H,2-3H2,1H3,(H,15,16). The van der Waals surface area contributed by atoms with Crippen LogP contribution in [0.3, 0.4) is 0 Å². The predicted octanol–water partition coefficient (Wildman–Crippen LogP) is 0.797. The molecular formula is C10H12FN3O6S. The van der Waals surface area contributed by atoms with Crippen LogP contribution in [-0.2, 0) is 15.0 Å². The molecule has 11 heteroatoms. The Bertz CT molecular complexity index is 663. The van der Waals surface area contributed by atoms with Crippen LogP contribution in [0.15, 0.2) is 18.2 Å². The first-order valence-electron chi connectivity index (χ1n) is 5.52. The summed E-state index contributed by atoms with van der Waals surface area (Å²) in [6.45, 7) is -0.303. The molecule has 1 aromatic carbocycles. The fourth-order valence-corrected chi connectivity index (χ4v) is 2.24. The number of aliphatic carboxylic acids is 1. The minimum Gasteiger partial charge on any atom is -0.481 e. The molecule has 0 fully saturated rings. The second-order valence-electron chi connectivity index (χ2n) is 4.03. The number of nitro groups is 1. The highest BCUT2D eigenvalue weighted by atomic mass is 32.2. The summed E-state index contributed by atoms with van der Waals surface area (Å²) in [6.07, 6.45) is -0.416. The van der Waals surface area contributed by atoms with Gasteiger partial charge in [0.1, 0.15) is 5.82 Å². The Morgan fingerprint density at radius 2 is 2.10 bits per heavy atom. The molecule has 0 amide bonds. The van der Waals surface area contributed by atoms with Gasteiger partial charge in [-0.2, -0.15) is 12.7 Å². The molecule has 21 heavy (non-hydrogen) atoms. The summed E-state index contributed by atoms with van der Waals surface area (Å²) in [7, 11) is -3.01. The first-order chi connectivity index (χ1) is 9.61. The molecule has 0 atom stereocenters. The van der Waals surface area contributed by atoms with Crippen LogP contribution in [0.25, 0.3) is 0 Å². The van der Waals surface area contributed by atoms with E-state index in [0.717, 1.165) is 19.2 Å². The van der Waals surface area contributed by atoms with Gasteiger partial charge in [-0.3, -0.25) is 19.6 Å². The smallest absolute Gasteiger partial charge is 0.304 e. The number of non-ortho nitro benzene ring substituents is 1. The van der Waals surface area contributed by atoms with Gasteiger partial charge in [0.05, 0.1) is 23.1 Å². The van der Waals surface area contributed by atoms with Crippen LogP contribution < -0.4 is 4.72 Å². The highest BCUT2D eigenvalue weighted by Gasteiger charge is 2.20. The monoisotopic (exact) mass is 321 g/mol. The molecule has 0 radical (unpaired) electrons. The number of nitrogens with one attached hydrogen (secondary N) is 1. The summed E-state index contributed by atoms with van der Waals surface area (Å²) in [4.78, 5) is 20.1. The molecule has 2 N–H and O–H groups in total. The molecule has 0 aliphatic rings. The third-order valence-corrected chi connectivity index (χ3v) is 3.89. The van der Waals surface area contributed by atoms with Gasteiger partial charge >= 0.3 is 16.2 Å². The molecule has 0 heterocycles. The Morgan fingerprint density at radius 3 is 2.62 bits per heavy atom. The molecule has 0 saturated heterocycles. The summed E-state index contributed by atoms with van der Waals surface area (Å²) >= 11 is 0. The topological polar surface area (TPSA) is 130 Å². The van der Waals surface area contributed by atoms with Crippen molar-refractivity contribution in [3.63, 3.8) is 0 Å². The maximum Gasteiger partial charge on any atom is 0.304 e. The lowest BCUT2D eigenvalue weighted by Gasteiger charge is -2.17. The molecule has 1 aromatic rings. The van der Waals surface area contributed by atoms with Crippen LogP contribution >= 0.6 is 0 Å². The van der Waals surface area contributed by atoms with Crippen LogP contribution in [0.4, 0.5) is 15.8 Å². The van der Waals surface area contributed by atoms with Crippen molar-refractivity contribution >= 4 is 27.6 Å². The van der Waals surface area contributed by atoms with Gasteiger partial charge in [0.15, 0.2) is 0 Å². The molecule has 0 bridgehead atoms. The number of halogens is 1. The van der Waals surface area contributed by atoms with Crippen molar-refractivity contribution in [2.75, 3.05) is 18.3 Å². The van der Waals surface area contributed by atoms with Crippen molar-refractivity contribution in [1.82, 2.24) is 4.31 Å². The number of carboxylic acids is 1. The van der Waals surface area contributed by atoms with Crippen molar-refractivity contribution in [1.29, 1.82) is 0 Å². The van der Waals surface area contributed by atoms with Gasteiger partial charge in [-0.1, -0.05) is 0 Å². The molecular weight excluding hydrogens is 309 g/mol. The lowest BCUT2D eigenvalue weighted by atomic mass is 10.3. The number of carbonyl (C=O) groups is 1. The van der Waals surface area contributed by atoms with E-state index < -0.39 is 39.0 Å². The number of rotatable bonds is 7. The van der Waals surface area contributed by atoms with Gasteiger partial charge in [0, 0.05) is 19.7 Å². The number of hydrogen-bond acceptors (Lipinski definition) is 5. The summed E-state index contributed by atoms with van der Waals surface area (Å²) in [5, 5.41) is 19.1. The second kappa shape index (κ2) is 6.45. The van der Waals surface area contributed by atoms with E-state index in [-0.39, 0.29) is 12.2 Å². The number of nitro benzene ring substituents is 1. The summed E-state index contributed by atoms with van der Waals surface area (Å²) in [5.41, 5.74) is -0.940. The number of hydrogen-bond donors (Lipinski definition) is 2. The van der Waals surface area contributed by atoms with E-state index in [4.69, 9.17) is 5.11 Å². The van der Waals surface area contributed by atoms with Gasteiger partial charge in [-0.05, 0) is 6.07 Å². The Balaban J connectivity index is 2.93. The molecule has 0 spiro atoms. The van der Waals surface area contributed by atoms with Crippen LogP contribution in [0.2, 0.25) is 0 Å². The molecule has 116 valence electrons. The highest BCUT2D eigenvalue weighted by Crippen LogP contribution is 2.21. The fourth-order valence-electron chi connectivity index (χ4n) is 1.34. The van der Waals surface area contributed by atoms with Crippen molar-refractivity contribution in [3.05, 3.63) is 34.1 Å². The van der Waals surface area contributed by atoms with Crippen molar-refractivity contribution in [2.45, 2.75) is 6.42 Å². The summed E-state index contributed by atoms with van der Waals surface area (Å²) in [5.74, 6) is -2.16. The summed E-state index contributed by atoms with van der Waals surface area (Å²) in [6, 6.07) is 2.27. The van der Waals surface area contributed by atoms with Crippen LogP contribution in [0.1, 0.15) is 6.42 Å². The van der Waals surface area contributed by atoms with E-state index in [1.54, 1.807) is 0 Å². The lowest BCUT2D eigenvalue weighted by Crippen LogP contribution is -2.34. The minimum absolute atomic E-state index is 0.303. The molecule has 0 aromatic heterocycles. The van der Waals surface area contributed by atoms with Crippen LogP contribution in [0, 0.1) is 15.9 Å². The lowest BCUT2D eigenvalue weighted by molar-refractivity contribution is -0.385. The third kappa shape index (κ3) is 4.96. The average Bonchev–Trinajstić information content (AvgIpc) is 2.34. The number of anilines is 1. The van der Waals surface area contributed by atoms with Gasteiger partial charge < -0.3 is 5.11 Å². The van der Waals surface area contributed by atoms with E-state index in [0.29, 0.717) is 10.4 Å². The highest BCUT2D eigenvalue weighted by molar-refractivity contribution is 7.90. The Labute approximate surface area is 119 Å². The van der Waals surface area contributed by atoms with E-state index in [2.05, 4.69) is 0 Å². The van der Waals surface area contributed by atoms with Crippen molar-refractivity contribution < 1.29 is 27.6 Å². The fraction of sp³-hybridized carbons (Fsp3) is 0.300. The Kier molecular flexibility index (Phi) is 5.16. The normalized spacial score (nSPS) is 11.4. The molecule has 0 aliphatic heterocycles. The molecule has 0 aliphatic carbocycles. The van der Waals surface area contributed by atoms with E-state index in [9.17, 15) is 27.7 Å². The van der Waals surface area contributed by atoms with Gasteiger partial charge in [-0.25, -0.2) is 4.39 Å². The molecule has 0 unspecified atom stereocenters. The zero-order chi connectivity index (χ0) is 16.2. The second-order valence-corrected chi connectivity index (χ2v) is 5.81. The number of benzene rings is 1. The van der Waals surface area contributed by atoms with E-state index >= 15 is 0 Å². The average molecular weight is 321 g/mol. The minimum atomic E-state index is -4.14. The number of nitrogens with zero attached hydrogens (tertiary/aromatic N) is 2. The maximum absolute atomic E-state index is 13.2. The van der Waals surface area contributed by atoms with Gasteiger partial charge in [0.25, 0.3) is 5.69 Å². The Morgan fingerprint density at radius 1 is 1.48 bits per heavy atom. The first kappa shape index (κ1) is 16.8. The van der Waals surface area contributed by atoms with Crippen LogP contribution in [-0.4, -0.2) is 42.3 Å². The van der Waals surface area contributed by atoms with E-state index in [1.807, 2.05) is 4.72 Å². The van der Waals surface area contributed by atoms with E-state index in [1.165, 1.54) is 0 Å². The molecule has 9 nitrogen and oxygen atoms in total. The predicted molar refractivity (Wildman–Crippen MR) is 70.5 cm³/mol.